The van der Waals surface area contributed by atoms with Gasteiger partial charge in [-0.05, 0) is 48.7 Å². The van der Waals surface area contributed by atoms with Gasteiger partial charge in [-0.25, -0.2) is 8.57 Å². The molecule has 0 amide bonds. The van der Waals surface area contributed by atoms with E-state index in [0.29, 0.717) is 5.92 Å². The zero-order valence-electron chi connectivity index (χ0n) is 20.9. The molecule has 2 aromatic carbocycles. The van der Waals surface area contributed by atoms with Crippen LogP contribution < -0.4 is 0 Å². The molecule has 0 spiro atoms. The lowest BCUT2D eigenvalue weighted by atomic mass is 9.83. The second kappa shape index (κ2) is 12.0. The smallest absolute Gasteiger partial charge is 0.192 e. The Morgan fingerprint density at radius 1 is 0.969 bits per heavy atom. The fourth-order valence-electron chi connectivity index (χ4n) is 4.42. The van der Waals surface area contributed by atoms with E-state index in [1.807, 2.05) is 41.8 Å². The van der Waals surface area contributed by atoms with Crippen LogP contribution in [0.1, 0.15) is 53.0 Å². The molecule has 5 heteroatoms. The summed E-state index contributed by atoms with van der Waals surface area (Å²) in [4.78, 5) is 0.745. The van der Waals surface area contributed by atoms with Crippen LogP contribution in [0.5, 0.6) is 0 Å². The van der Waals surface area contributed by atoms with Crippen molar-refractivity contribution in [1.29, 1.82) is 0 Å². The van der Waals surface area contributed by atoms with Crippen LogP contribution in [0.15, 0.2) is 80.9 Å². The third-order valence-corrected chi connectivity index (χ3v) is 13.5. The molecule has 0 N–H and O–H groups in total. The lowest BCUT2D eigenvalue weighted by molar-refractivity contribution is 0.120. The van der Waals surface area contributed by atoms with E-state index >= 15 is 0 Å². The Hall–Kier alpha value is -1.69. The van der Waals surface area contributed by atoms with Crippen molar-refractivity contribution in [3.05, 3.63) is 77.2 Å². The largest absolute Gasteiger partial charge is 0.413 e. The standard InChI is InChI=1S/C27H41NO2SSi/c1-8-32(9-2,10-3)30-27(22(4)5)26(24-17-13-11-14-18-24)23(6)21-31(29,28-7)25-19-15-12-16-20-25/h11-22,26-27H,8-10H2,1-7H3/b23-21+/t26-,27-,31?/m0/s1. The van der Waals surface area contributed by atoms with Crippen LogP contribution in [0.4, 0.5) is 0 Å². The third-order valence-electron chi connectivity index (χ3n) is 6.65. The highest BCUT2D eigenvalue weighted by atomic mass is 32.2. The zero-order chi connectivity index (χ0) is 23.8. The molecule has 0 heterocycles. The quantitative estimate of drug-likeness (QED) is 0.313. The van der Waals surface area contributed by atoms with Crippen LogP contribution in [0.2, 0.25) is 18.1 Å². The molecule has 2 rings (SSSR count). The number of benzene rings is 2. The molecule has 0 aliphatic rings. The number of nitrogens with zero attached hydrogens (tertiary/aromatic N) is 1. The summed E-state index contributed by atoms with van der Waals surface area (Å²) in [6, 6.07) is 23.4. The van der Waals surface area contributed by atoms with Gasteiger partial charge in [-0.1, -0.05) is 88.7 Å². The number of hydrogen-bond acceptors (Lipinski definition) is 3. The van der Waals surface area contributed by atoms with Crippen LogP contribution in [-0.4, -0.2) is 25.7 Å². The molecule has 0 saturated heterocycles. The molecule has 0 fully saturated rings. The first-order valence-electron chi connectivity index (χ1n) is 11.9. The Balaban J connectivity index is 2.64. The van der Waals surface area contributed by atoms with Crippen molar-refractivity contribution < 1.29 is 8.63 Å². The lowest BCUT2D eigenvalue weighted by Gasteiger charge is -2.40. The SMILES string of the molecule is CC[Si](CC)(CC)O[C@@H](C(C)C)[C@@H](/C(C)=C/S(=O)(=NC)c1ccccc1)c1ccccc1. The number of hydrogen-bond donors (Lipinski definition) is 0. The van der Waals surface area contributed by atoms with E-state index in [4.69, 9.17) is 4.43 Å². The van der Waals surface area contributed by atoms with Gasteiger partial charge in [-0.2, -0.15) is 0 Å². The third kappa shape index (κ3) is 6.21. The Morgan fingerprint density at radius 3 is 1.91 bits per heavy atom. The number of rotatable bonds is 11. The second-order valence-electron chi connectivity index (χ2n) is 8.88. The van der Waals surface area contributed by atoms with Crippen LogP contribution in [-0.2, 0) is 14.2 Å². The molecule has 0 saturated carbocycles. The summed E-state index contributed by atoms with van der Waals surface area (Å²) in [5.74, 6) is 0.352. The van der Waals surface area contributed by atoms with E-state index in [1.54, 1.807) is 7.05 Å². The van der Waals surface area contributed by atoms with Crippen molar-refractivity contribution in [1.82, 2.24) is 0 Å². The van der Waals surface area contributed by atoms with Gasteiger partial charge in [-0.15, -0.1) is 0 Å². The van der Waals surface area contributed by atoms with Gasteiger partial charge in [0.25, 0.3) is 0 Å². The van der Waals surface area contributed by atoms with E-state index in [1.165, 1.54) is 5.56 Å². The Kier molecular flexibility index (Phi) is 9.93. The van der Waals surface area contributed by atoms with Crippen LogP contribution in [0, 0.1) is 5.92 Å². The predicted molar refractivity (Wildman–Crippen MR) is 141 cm³/mol. The van der Waals surface area contributed by atoms with Gasteiger partial charge in [0.2, 0.25) is 0 Å². The average molecular weight is 472 g/mol. The van der Waals surface area contributed by atoms with Crippen molar-refractivity contribution >= 4 is 18.0 Å². The van der Waals surface area contributed by atoms with Crippen LogP contribution in [0.3, 0.4) is 0 Å². The van der Waals surface area contributed by atoms with Gasteiger partial charge in [0, 0.05) is 18.4 Å². The molecular weight excluding hydrogens is 430 g/mol. The van der Waals surface area contributed by atoms with E-state index in [2.05, 4.69) is 70.2 Å². The maximum absolute atomic E-state index is 13.9. The summed E-state index contributed by atoms with van der Waals surface area (Å²) in [7, 11) is -2.85. The van der Waals surface area contributed by atoms with E-state index in [0.717, 1.165) is 28.6 Å². The topological polar surface area (TPSA) is 38.7 Å². The highest BCUT2D eigenvalue weighted by Gasteiger charge is 2.37. The monoisotopic (exact) mass is 471 g/mol. The minimum Gasteiger partial charge on any atom is -0.413 e. The summed E-state index contributed by atoms with van der Waals surface area (Å²) in [6.07, 6.45) is 0.0245. The van der Waals surface area contributed by atoms with Gasteiger partial charge < -0.3 is 4.43 Å². The molecule has 176 valence electrons. The first-order chi connectivity index (χ1) is 15.3. The van der Waals surface area contributed by atoms with Gasteiger partial charge in [-0.3, -0.25) is 0 Å². The predicted octanol–water partition coefficient (Wildman–Crippen LogP) is 7.88. The minimum absolute atomic E-state index is 0.0245. The molecule has 0 aliphatic carbocycles. The van der Waals surface area contributed by atoms with Gasteiger partial charge in [0.1, 0.15) is 0 Å². The Bertz CT molecular complexity index is 967. The van der Waals surface area contributed by atoms with E-state index in [-0.39, 0.29) is 12.0 Å². The van der Waals surface area contributed by atoms with Crippen molar-refractivity contribution in [2.75, 3.05) is 7.05 Å². The Labute approximate surface area is 197 Å². The van der Waals surface area contributed by atoms with E-state index in [9.17, 15) is 4.21 Å². The summed E-state index contributed by atoms with van der Waals surface area (Å²) in [5.41, 5.74) is 2.26. The second-order valence-corrected chi connectivity index (χ2v) is 15.8. The minimum atomic E-state index is -2.66. The fourth-order valence-corrected chi connectivity index (χ4v) is 9.05. The normalized spacial score (nSPS) is 16.4. The maximum Gasteiger partial charge on any atom is 0.192 e. The van der Waals surface area contributed by atoms with Gasteiger partial charge in [0.15, 0.2) is 8.32 Å². The van der Waals surface area contributed by atoms with Crippen molar-refractivity contribution in [3.63, 3.8) is 0 Å². The highest BCUT2D eigenvalue weighted by molar-refractivity contribution is 7.96. The first kappa shape index (κ1) is 26.6. The van der Waals surface area contributed by atoms with Crippen molar-refractivity contribution in [3.8, 4) is 0 Å². The van der Waals surface area contributed by atoms with Crippen molar-refractivity contribution in [2.45, 2.75) is 76.6 Å². The summed E-state index contributed by atoms with van der Waals surface area (Å²) in [6.45, 7) is 13.4. The molecule has 3 atom stereocenters. The summed E-state index contributed by atoms with van der Waals surface area (Å²) < 4.78 is 25.3. The average Bonchev–Trinajstić information content (AvgIpc) is 2.82. The molecule has 2 aromatic rings. The summed E-state index contributed by atoms with van der Waals surface area (Å²) >= 11 is 0. The van der Waals surface area contributed by atoms with Crippen molar-refractivity contribution in [2.24, 2.45) is 10.3 Å². The molecule has 32 heavy (non-hydrogen) atoms. The molecule has 1 unspecified atom stereocenters. The van der Waals surface area contributed by atoms with Crippen LogP contribution >= 0.6 is 0 Å². The molecule has 0 aromatic heterocycles. The van der Waals surface area contributed by atoms with Gasteiger partial charge in [0.05, 0.1) is 20.7 Å². The molecule has 0 aliphatic heterocycles. The zero-order valence-corrected chi connectivity index (χ0v) is 22.7. The first-order valence-corrected chi connectivity index (χ1v) is 16.0. The van der Waals surface area contributed by atoms with E-state index < -0.39 is 18.0 Å². The lowest BCUT2D eigenvalue weighted by Crippen LogP contribution is -2.44. The molecule has 0 bridgehead atoms. The fraction of sp³-hybridized carbons (Fsp3) is 0.481. The molecular formula is C27H41NO2SSi. The summed E-state index contributed by atoms with van der Waals surface area (Å²) in [5, 5.41) is 1.89. The van der Waals surface area contributed by atoms with Crippen LogP contribution in [0.25, 0.3) is 0 Å². The molecule has 3 nitrogen and oxygen atoms in total. The maximum atomic E-state index is 13.9. The molecule has 0 radical (unpaired) electrons. The van der Waals surface area contributed by atoms with Gasteiger partial charge >= 0.3 is 0 Å². The highest BCUT2D eigenvalue weighted by Crippen LogP contribution is 2.38. The Morgan fingerprint density at radius 2 is 1.47 bits per heavy atom.